The van der Waals surface area contributed by atoms with Crippen LogP contribution >= 0.6 is 0 Å². The van der Waals surface area contributed by atoms with Crippen LogP contribution in [0.1, 0.15) is 59.3 Å². The van der Waals surface area contributed by atoms with Gasteiger partial charge in [-0.2, -0.15) is 0 Å². The first-order valence-corrected chi connectivity index (χ1v) is 9.19. The zero-order valence-corrected chi connectivity index (χ0v) is 15.8. The standard InChI is InChI=1S/C19H33NO5/c1-19(2,3)9-8-16(18(23)24)15(17(21)22)7-5-4-6-10-20-11-13-25-14-12-20/h4-14H2,1-3H3,(H,21,22)(H,23,24)/b16-15+. The summed E-state index contributed by atoms with van der Waals surface area (Å²) in [6.45, 7) is 10.5. The Morgan fingerprint density at radius 2 is 1.48 bits per heavy atom. The van der Waals surface area contributed by atoms with Crippen LogP contribution in [0.3, 0.4) is 0 Å². The van der Waals surface area contributed by atoms with Gasteiger partial charge < -0.3 is 14.9 Å². The van der Waals surface area contributed by atoms with Gasteiger partial charge in [0.15, 0.2) is 0 Å². The van der Waals surface area contributed by atoms with Crippen LogP contribution in [0.25, 0.3) is 0 Å². The summed E-state index contributed by atoms with van der Waals surface area (Å²) in [7, 11) is 0. The lowest BCUT2D eigenvalue weighted by Crippen LogP contribution is -2.36. The molecule has 6 nitrogen and oxygen atoms in total. The summed E-state index contributed by atoms with van der Waals surface area (Å²) < 4.78 is 5.31. The van der Waals surface area contributed by atoms with Crippen LogP contribution in [0.2, 0.25) is 0 Å². The summed E-state index contributed by atoms with van der Waals surface area (Å²) in [5, 5.41) is 18.9. The maximum atomic E-state index is 11.5. The highest BCUT2D eigenvalue weighted by molar-refractivity contribution is 5.98. The maximum Gasteiger partial charge on any atom is 0.332 e. The van der Waals surface area contributed by atoms with Gasteiger partial charge in [0.25, 0.3) is 0 Å². The molecule has 1 saturated heterocycles. The minimum Gasteiger partial charge on any atom is -0.478 e. The second kappa shape index (κ2) is 10.6. The average molecular weight is 355 g/mol. The molecule has 6 heteroatoms. The summed E-state index contributed by atoms with van der Waals surface area (Å²) in [6, 6.07) is 0. The summed E-state index contributed by atoms with van der Waals surface area (Å²) in [6.07, 6.45) is 3.89. The highest BCUT2D eigenvalue weighted by atomic mass is 16.5. The number of unbranched alkanes of at least 4 members (excludes halogenated alkanes) is 2. The van der Waals surface area contributed by atoms with E-state index in [1.807, 2.05) is 20.8 Å². The predicted molar refractivity (Wildman–Crippen MR) is 96.7 cm³/mol. The zero-order valence-electron chi connectivity index (χ0n) is 15.8. The molecule has 2 N–H and O–H groups in total. The van der Waals surface area contributed by atoms with Crippen LogP contribution < -0.4 is 0 Å². The number of nitrogens with zero attached hydrogens (tertiary/aromatic N) is 1. The van der Waals surface area contributed by atoms with Crippen molar-refractivity contribution in [1.29, 1.82) is 0 Å². The second-order valence-electron chi connectivity index (χ2n) is 7.89. The van der Waals surface area contributed by atoms with Crippen molar-refractivity contribution in [2.45, 2.75) is 59.3 Å². The molecule has 0 atom stereocenters. The Bertz CT molecular complexity index is 473. The molecule has 1 aliphatic heterocycles. The number of carboxylic acid groups (broad SMARTS) is 2. The van der Waals surface area contributed by atoms with Gasteiger partial charge >= 0.3 is 11.9 Å². The number of carbonyl (C=O) groups is 2. The van der Waals surface area contributed by atoms with Crippen molar-refractivity contribution in [3.63, 3.8) is 0 Å². The number of ether oxygens (including phenoxy) is 1. The van der Waals surface area contributed by atoms with Crippen molar-refractivity contribution in [1.82, 2.24) is 4.90 Å². The van der Waals surface area contributed by atoms with E-state index in [0.717, 1.165) is 45.7 Å². The molecule has 0 aliphatic carbocycles. The second-order valence-corrected chi connectivity index (χ2v) is 7.89. The molecular weight excluding hydrogens is 322 g/mol. The van der Waals surface area contributed by atoms with Crippen molar-refractivity contribution < 1.29 is 24.5 Å². The Balaban J connectivity index is 2.51. The van der Waals surface area contributed by atoms with E-state index in [-0.39, 0.29) is 16.6 Å². The maximum absolute atomic E-state index is 11.5. The molecule has 144 valence electrons. The van der Waals surface area contributed by atoms with E-state index in [4.69, 9.17) is 4.74 Å². The minimum absolute atomic E-state index is 0.0253. The van der Waals surface area contributed by atoms with E-state index in [1.54, 1.807) is 0 Å². The van der Waals surface area contributed by atoms with Gasteiger partial charge in [-0.3, -0.25) is 4.90 Å². The van der Waals surface area contributed by atoms with Gasteiger partial charge in [0.05, 0.1) is 13.2 Å². The van der Waals surface area contributed by atoms with Crippen molar-refractivity contribution in [3.8, 4) is 0 Å². The van der Waals surface area contributed by atoms with Gasteiger partial charge in [0.1, 0.15) is 0 Å². The van der Waals surface area contributed by atoms with E-state index in [9.17, 15) is 19.8 Å². The van der Waals surface area contributed by atoms with E-state index in [0.29, 0.717) is 25.7 Å². The molecule has 1 rings (SSSR count). The third kappa shape index (κ3) is 9.02. The Morgan fingerprint density at radius 1 is 0.920 bits per heavy atom. The number of hydrogen-bond donors (Lipinski definition) is 2. The molecule has 0 aromatic carbocycles. The van der Waals surface area contributed by atoms with Gasteiger partial charge in [-0.05, 0) is 44.1 Å². The number of carboxylic acids is 2. The minimum atomic E-state index is -1.10. The van der Waals surface area contributed by atoms with Gasteiger partial charge in [-0.15, -0.1) is 0 Å². The lowest BCUT2D eigenvalue weighted by molar-refractivity contribution is -0.136. The molecule has 0 unspecified atom stereocenters. The smallest absolute Gasteiger partial charge is 0.332 e. The number of hydrogen-bond acceptors (Lipinski definition) is 4. The van der Waals surface area contributed by atoms with Crippen LogP contribution in [0, 0.1) is 5.41 Å². The molecule has 0 aromatic heterocycles. The third-order valence-corrected chi connectivity index (χ3v) is 4.51. The van der Waals surface area contributed by atoms with Crippen LogP contribution in [-0.4, -0.2) is 59.9 Å². The van der Waals surface area contributed by atoms with E-state index < -0.39 is 11.9 Å². The summed E-state index contributed by atoms with van der Waals surface area (Å²) in [5.74, 6) is -2.20. The first kappa shape index (κ1) is 21.6. The number of aliphatic carboxylic acids is 2. The molecule has 0 aromatic rings. The Labute approximate surface area is 150 Å². The average Bonchev–Trinajstić information content (AvgIpc) is 2.52. The fourth-order valence-electron chi connectivity index (χ4n) is 2.91. The Kier molecular flexibility index (Phi) is 9.14. The van der Waals surface area contributed by atoms with Gasteiger partial charge in [0, 0.05) is 24.2 Å². The Hall–Kier alpha value is -1.40. The lowest BCUT2D eigenvalue weighted by Gasteiger charge is -2.26. The summed E-state index contributed by atoms with van der Waals surface area (Å²) >= 11 is 0. The van der Waals surface area contributed by atoms with Crippen LogP contribution in [0.5, 0.6) is 0 Å². The van der Waals surface area contributed by atoms with Crippen LogP contribution in [-0.2, 0) is 14.3 Å². The molecule has 0 amide bonds. The molecule has 0 bridgehead atoms. The highest BCUT2D eigenvalue weighted by Gasteiger charge is 2.22. The van der Waals surface area contributed by atoms with Crippen LogP contribution in [0.15, 0.2) is 11.1 Å². The molecule has 0 spiro atoms. The van der Waals surface area contributed by atoms with Crippen molar-refractivity contribution in [2.24, 2.45) is 5.41 Å². The Morgan fingerprint density at radius 3 is 2.00 bits per heavy atom. The molecule has 25 heavy (non-hydrogen) atoms. The van der Waals surface area contributed by atoms with Crippen molar-refractivity contribution >= 4 is 11.9 Å². The van der Waals surface area contributed by atoms with E-state index >= 15 is 0 Å². The summed E-state index contributed by atoms with van der Waals surface area (Å²) in [4.78, 5) is 25.4. The quantitative estimate of drug-likeness (QED) is 0.462. The normalized spacial score (nSPS) is 17.2. The first-order valence-electron chi connectivity index (χ1n) is 9.19. The van der Waals surface area contributed by atoms with Crippen molar-refractivity contribution in [2.75, 3.05) is 32.8 Å². The van der Waals surface area contributed by atoms with Crippen molar-refractivity contribution in [3.05, 3.63) is 11.1 Å². The van der Waals surface area contributed by atoms with E-state index in [2.05, 4.69) is 4.90 Å². The molecule has 0 radical (unpaired) electrons. The molecule has 0 saturated carbocycles. The van der Waals surface area contributed by atoms with Crippen LogP contribution in [0.4, 0.5) is 0 Å². The van der Waals surface area contributed by atoms with Gasteiger partial charge in [-0.1, -0.05) is 27.2 Å². The van der Waals surface area contributed by atoms with Gasteiger partial charge in [-0.25, -0.2) is 9.59 Å². The number of rotatable bonds is 10. The predicted octanol–water partition coefficient (Wildman–Crippen LogP) is 3.17. The fourth-order valence-corrected chi connectivity index (χ4v) is 2.91. The number of morpholine rings is 1. The molecular formula is C19H33NO5. The molecule has 1 aliphatic rings. The molecule has 1 fully saturated rings. The highest BCUT2D eigenvalue weighted by Crippen LogP contribution is 2.26. The summed E-state index contributed by atoms with van der Waals surface area (Å²) in [5.41, 5.74) is 0.112. The first-order chi connectivity index (χ1) is 11.7. The fraction of sp³-hybridized carbons (Fsp3) is 0.789. The third-order valence-electron chi connectivity index (χ3n) is 4.51. The largest absolute Gasteiger partial charge is 0.478 e. The van der Waals surface area contributed by atoms with E-state index in [1.165, 1.54) is 0 Å². The lowest BCUT2D eigenvalue weighted by atomic mass is 9.87. The molecule has 1 heterocycles. The topological polar surface area (TPSA) is 87.1 Å². The SMILES string of the molecule is CC(C)(C)CC/C(C(=O)O)=C(/CCCCCN1CCOCC1)C(=O)O. The van der Waals surface area contributed by atoms with Gasteiger partial charge in [0.2, 0.25) is 0 Å². The monoisotopic (exact) mass is 355 g/mol. The zero-order chi connectivity index (χ0) is 18.9.